The number of thiophene rings is 1. The molecule has 0 saturated carbocycles. The van der Waals surface area contributed by atoms with Crippen LogP contribution in [0.25, 0.3) is 32.0 Å². The molecular formula is C29H22BrFO3S. The minimum absolute atomic E-state index is 0.0275. The van der Waals surface area contributed by atoms with Crippen molar-refractivity contribution >= 4 is 54.1 Å². The van der Waals surface area contributed by atoms with Crippen LogP contribution in [0.2, 0.25) is 0 Å². The second kappa shape index (κ2) is 9.44. The van der Waals surface area contributed by atoms with E-state index in [9.17, 15) is 9.90 Å². The first-order valence-electron chi connectivity index (χ1n) is 11.2. The van der Waals surface area contributed by atoms with Crippen LogP contribution in [0.1, 0.15) is 28.5 Å². The summed E-state index contributed by atoms with van der Waals surface area (Å²) in [5.74, 6) is -1.51. The highest BCUT2D eigenvalue weighted by Crippen LogP contribution is 2.47. The van der Waals surface area contributed by atoms with Gasteiger partial charge in [-0.15, -0.1) is 11.3 Å². The smallest absolute Gasteiger partial charge is 0.307 e. The molecule has 176 valence electrons. The molecule has 0 aliphatic carbocycles. The van der Waals surface area contributed by atoms with Crippen LogP contribution in [0, 0.1) is 19.7 Å². The number of ether oxygens (including phenoxy) is 1. The summed E-state index contributed by atoms with van der Waals surface area (Å²) in [6.07, 6.45) is -1.06. The van der Waals surface area contributed by atoms with Gasteiger partial charge < -0.3 is 9.84 Å². The summed E-state index contributed by atoms with van der Waals surface area (Å²) in [5, 5.41) is 12.6. The van der Waals surface area contributed by atoms with Gasteiger partial charge in [0.2, 0.25) is 0 Å². The lowest BCUT2D eigenvalue weighted by atomic mass is 9.93. The lowest BCUT2D eigenvalue weighted by Gasteiger charge is -2.19. The molecule has 1 atom stereocenters. The third kappa shape index (κ3) is 4.32. The summed E-state index contributed by atoms with van der Waals surface area (Å²) in [6, 6.07) is 22.1. The third-order valence-corrected chi connectivity index (χ3v) is 8.60. The van der Waals surface area contributed by atoms with E-state index in [-0.39, 0.29) is 12.2 Å². The van der Waals surface area contributed by atoms with E-state index in [0.29, 0.717) is 5.56 Å². The molecular weight excluding hydrogens is 527 g/mol. The van der Waals surface area contributed by atoms with Crippen LogP contribution >= 0.6 is 27.3 Å². The molecule has 1 unspecified atom stereocenters. The number of carboxylic acids is 1. The Morgan fingerprint density at radius 2 is 1.71 bits per heavy atom. The Kier molecular flexibility index (Phi) is 6.34. The minimum Gasteiger partial charge on any atom is -0.482 e. The minimum atomic E-state index is -1.01. The van der Waals surface area contributed by atoms with E-state index in [1.165, 1.54) is 16.5 Å². The highest BCUT2D eigenvalue weighted by Gasteiger charge is 2.22. The normalized spacial score (nSPS) is 12.2. The van der Waals surface area contributed by atoms with Gasteiger partial charge in [-0.3, -0.25) is 4.79 Å². The molecule has 0 bridgehead atoms. The molecule has 0 fully saturated rings. The molecule has 5 rings (SSSR count). The average molecular weight is 549 g/mol. The topological polar surface area (TPSA) is 46.5 Å². The van der Waals surface area contributed by atoms with Gasteiger partial charge in [0.25, 0.3) is 0 Å². The quantitative estimate of drug-likeness (QED) is 0.230. The number of carboxylic acid groups (broad SMARTS) is 1. The maximum Gasteiger partial charge on any atom is 0.307 e. The molecule has 35 heavy (non-hydrogen) atoms. The van der Waals surface area contributed by atoms with Crippen LogP contribution in [0.3, 0.4) is 0 Å². The van der Waals surface area contributed by atoms with E-state index < -0.39 is 17.9 Å². The van der Waals surface area contributed by atoms with Crippen LogP contribution in [0.15, 0.2) is 77.3 Å². The Balaban J connectivity index is 1.64. The van der Waals surface area contributed by atoms with Crippen LogP contribution in [-0.2, 0) is 4.79 Å². The molecule has 3 nitrogen and oxygen atoms in total. The van der Waals surface area contributed by atoms with Gasteiger partial charge in [0, 0.05) is 14.7 Å². The lowest BCUT2D eigenvalue weighted by molar-refractivity contribution is -0.138. The molecule has 0 spiro atoms. The molecule has 6 heteroatoms. The van der Waals surface area contributed by atoms with Crippen molar-refractivity contribution in [2.75, 3.05) is 0 Å². The van der Waals surface area contributed by atoms with Gasteiger partial charge >= 0.3 is 5.97 Å². The van der Waals surface area contributed by atoms with Crippen molar-refractivity contribution in [2.24, 2.45) is 0 Å². The first-order valence-corrected chi connectivity index (χ1v) is 12.8. The monoisotopic (exact) mass is 548 g/mol. The Labute approximate surface area is 214 Å². The van der Waals surface area contributed by atoms with Gasteiger partial charge in [-0.25, -0.2) is 4.39 Å². The summed E-state index contributed by atoms with van der Waals surface area (Å²) in [5.41, 5.74) is 3.59. The number of benzene rings is 4. The zero-order valence-electron chi connectivity index (χ0n) is 19.1. The predicted octanol–water partition coefficient (Wildman–Crippen LogP) is 8.83. The molecule has 0 aliphatic heterocycles. The molecule has 0 radical (unpaired) electrons. The number of hydrogen-bond acceptors (Lipinski definition) is 3. The summed E-state index contributed by atoms with van der Waals surface area (Å²) in [7, 11) is 0. The summed E-state index contributed by atoms with van der Waals surface area (Å²) in [4.78, 5) is 12.7. The number of rotatable bonds is 6. The van der Waals surface area contributed by atoms with Gasteiger partial charge in [0.15, 0.2) is 11.6 Å². The fourth-order valence-electron chi connectivity index (χ4n) is 4.49. The maximum absolute atomic E-state index is 15.5. The Hall–Kier alpha value is -3.22. The summed E-state index contributed by atoms with van der Waals surface area (Å²) >= 11 is 5.53. The van der Waals surface area contributed by atoms with Crippen molar-refractivity contribution in [3.8, 4) is 16.9 Å². The first kappa shape index (κ1) is 23.5. The van der Waals surface area contributed by atoms with Crippen LogP contribution in [0.4, 0.5) is 4.39 Å². The SMILES string of the molecule is Cc1sc2c(Br)c3ccccc3c(-c3ccc(OC(CC(=O)O)c4ccccc4)c(F)c3)c2c1C. The number of aliphatic carboxylic acids is 1. The standard InChI is InChI=1S/C29H22BrFO3S/c1-16-17(2)35-29-26(16)27(20-10-6-7-11-21(20)28(29)30)19-12-13-23(22(31)14-19)34-24(15-25(32)33)18-8-4-3-5-9-18/h3-14,24H,15H2,1-2H3,(H,32,33). The molecule has 5 aromatic rings. The van der Waals surface area contributed by atoms with Gasteiger partial charge in [0.1, 0.15) is 6.10 Å². The van der Waals surface area contributed by atoms with Crippen molar-refractivity contribution in [1.82, 2.24) is 0 Å². The largest absolute Gasteiger partial charge is 0.482 e. The fraction of sp³-hybridized carbons (Fsp3) is 0.138. The van der Waals surface area contributed by atoms with Crippen molar-refractivity contribution in [1.29, 1.82) is 0 Å². The summed E-state index contributed by atoms with van der Waals surface area (Å²) in [6.45, 7) is 4.20. The molecule has 0 saturated heterocycles. The highest BCUT2D eigenvalue weighted by atomic mass is 79.9. The number of carbonyl (C=O) groups is 1. The van der Waals surface area contributed by atoms with Crippen molar-refractivity contribution in [3.63, 3.8) is 0 Å². The van der Waals surface area contributed by atoms with Crippen LogP contribution in [-0.4, -0.2) is 11.1 Å². The zero-order chi connectivity index (χ0) is 24.7. The van der Waals surface area contributed by atoms with Gasteiger partial charge in [-0.2, -0.15) is 0 Å². The van der Waals surface area contributed by atoms with E-state index >= 15 is 4.39 Å². The van der Waals surface area contributed by atoms with E-state index in [1.54, 1.807) is 29.5 Å². The average Bonchev–Trinajstić information content (AvgIpc) is 3.15. The maximum atomic E-state index is 15.5. The molecule has 4 aromatic carbocycles. The van der Waals surface area contributed by atoms with Crippen molar-refractivity contribution in [2.45, 2.75) is 26.4 Å². The fourth-order valence-corrected chi connectivity index (χ4v) is 6.40. The second-order valence-corrected chi connectivity index (χ2v) is 10.5. The molecule has 1 heterocycles. The van der Waals surface area contributed by atoms with Gasteiger partial charge in [-0.05, 0) is 74.9 Å². The van der Waals surface area contributed by atoms with Gasteiger partial charge in [0.05, 0.1) is 11.1 Å². The Bertz CT molecular complexity index is 1580. The summed E-state index contributed by atoms with van der Waals surface area (Å²) < 4.78 is 23.5. The highest BCUT2D eigenvalue weighted by molar-refractivity contribution is 9.11. The number of hydrogen-bond donors (Lipinski definition) is 1. The molecule has 0 amide bonds. The van der Waals surface area contributed by atoms with E-state index in [4.69, 9.17) is 4.74 Å². The molecule has 1 aromatic heterocycles. The van der Waals surface area contributed by atoms with Crippen molar-refractivity contribution in [3.05, 3.63) is 99.1 Å². The predicted molar refractivity (Wildman–Crippen MR) is 144 cm³/mol. The Morgan fingerprint density at radius 1 is 1.03 bits per heavy atom. The third-order valence-electron chi connectivity index (χ3n) is 6.29. The number of aryl methyl sites for hydroxylation is 2. The molecule has 0 aliphatic rings. The van der Waals surface area contributed by atoms with Gasteiger partial charge in [-0.1, -0.05) is 60.7 Å². The molecule has 1 N–H and O–H groups in total. The van der Waals surface area contributed by atoms with E-state index in [0.717, 1.165) is 36.5 Å². The Morgan fingerprint density at radius 3 is 2.40 bits per heavy atom. The first-order chi connectivity index (χ1) is 16.8. The van der Waals surface area contributed by atoms with E-state index in [2.05, 4.69) is 41.9 Å². The number of halogens is 2. The van der Waals surface area contributed by atoms with Crippen LogP contribution < -0.4 is 4.74 Å². The second-order valence-electron chi connectivity index (χ2n) is 8.48. The zero-order valence-corrected chi connectivity index (χ0v) is 21.5. The van der Waals surface area contributed by atoms with E-state index in [1.807, 2.05) is 36.4 Å². The lowest BCUT2D eigenvalue weighted by Crippen LogP contribution is -2.13. The van der Waals surface area contributed by atoms with Crippen LogP contribution in [0.5, 0.6) is 5.75 Å². The number of fused-ring (bicyclic) bond motifs is 2. The van der Waals surface area contributed by atoms with Crippen molar-refractivity contribution < 1.29 is 19.0 Å².